The second-order valence-corrected chi connectivity index (χ2v) is 5.68. The lowest BCUT2D eigenvalue weighted by Gasteiger charge is -2.07. The van der Waals surface area contributed by atoms with Crippen molar-refractivity contribution in [2.24, 2.45) is 5.73 Å². The summed E-state index contributed by atoms with van der Waals surface area (Å²) in [5.41, 5.74) is 9.34. The molecule has 3 nitrogen and oxygen atoms in total. The third-order valence-corrected chi connectivity index (χ3v) is 4.19. The quantitative estimate of drug-likeness (QED) is 0.788. The number of furan rings is 1. The van der Waals surface area contributed by atoms with Crippen LogP contribution in [0.25, 0.3) is 11.3 Å². The lowest BCUT2D eigenvalue weighted by Crippen LogP contribution is -2.11. The number of benzene rings is 1. The van der Waals surface area contributed by atoms with E-state index in [2.05, 4.69) is 4.98 Å². The topological polar surface area (TPSA) is 52.0 Å². The Balaban J connectivity index is 1.93. The van der Waals surface area contributed by atoms with E-state index in [1.54, 1.807) is 11.3 Å². The first-order chi connectivity index (χ1) is 9.65. The first kappa shape index (κ1) is 13.1. The molecule has 2 heterocycles. The van der Waals surface area contributed by atoms with Gasteiger partial charge in [-0.25, -0.2) is 4.98 Å². The summed E-state index contributed by atoms with van der Waals surface area (Å²) in [7, 11) is 0. The lowest BCUT2D eigenvalue weighted by molar-refractivity contribution is 0.505. The molecule has 0 saturated carbocycles. The smallest absolute Gasteiger partial charge is 0.115 e. The number of thiazole rings is 1. The molecule has 0 spiro atoms. The van der Waals surface area contributed by atoms with Crippen LogP contribution in [0.5, 0.6) is 0 Å². The summed E-state index contributed by atoms with van der Waals surface area (Å²) in [5.74, 6) is 1.80. The van der Waals surface area contributed by atoms with Crippen LogP contribution in [0.3, 0.4) is 0 Å². The fourth-order valence-corrected chi connectivity index (χ4v) is 3.09. The van der Waals surface area contributed by atoms with Crippen molar-refractivity contribution in [3.8, 4) is 11.3 Å². The summed E-state index contributed by atoms with van der Waals surface area (Å²) in [4.78, 5) is 4.66. The first-order valence-corrected chi connectivity index (χ1v) is 7.36. The number of hydrogen-bond donors (Lipinski definition) is 1. The molecule has 4 heteroatoms. The Morgan fingerprint density at radius 1 is 1.20 bits per heavy atom. The molecule has 0 aliphatic heterocycles. The highest BCUT2D eigenvalue weighted by Crippen LogP contribution is 2.30. The normalized spacial score (nSPS) is 12.6. The van der Waals surface area contributed by atoms with Crippen LogP contribution >= 0.6 is 11.3 Å². The fourth-order valence-electron chi connectivity index (χ4n) is 2.24. The van der Waals surface area contributed by atoms with Crippen LogP contribution in [0.1, 0.15) is 28.1 Å². The summed E-state index contributed by atoms with van der Waals surface area (Å²) < 4.78 is 5.56. The molecular formula is C16H16N2OS. The van der Waals surface area contributed by atoms with Gasteiger partial charge >= 0.3 is 0 Å². The van der Waals surface area contributed by atoms with E-state index in [9.17, 15) is 0 Å². The second-order valence-electron chi connectivity index (χ2n) is 4.79. The zero-order valence-electron chi connectivity index (χ0n) is 11.5. The van der Waals surface area contributed by atoms with Gasteiger partial charge < -0.3 is 10.2 Å². The van der Waals surface area contributed by atoms with Crippen LogP contribution in [0.15, 0.2) is 46.2 Å². The number of hydrogen-bond acceptors (Lipinski definition) is 4. The van der Waals surface area contributed by atoms with Gasteiger partial charge in [0.1, 0.15) is 16.5 Å². The highest BCUT2D eigenvalue weighted by Gasteiger charge is 2.16. The van der Waals surface area contributed by atoms with Crippen molar-refractivity contribution in [3.05, 3.63) is 63.9 Å². The largest absolute Gasteiger partial charge is 0.466 e. The molecule has 0 amide bonds. The molecule has 0 aliphatic carbocycles. The van der Waals surface area contributed by atoms with Crippen LogP contribution in [-0.2, 0) is 0 Å². The maximum atomic E-state index is 6.28. The number of nitrogens with zero attached hydrogens (tertiary/aromatic N) is 1. The van der Waals surface area contributed by atoms with Crippen molar-refractivity contribution >= 4 is 11.3 Å². The minimum Gasteiger partial charge on any atom is -0.466 e. The van der Waals surface area contributed by atoms with Crippen molar-refractivity contribution in [3.63, 3.8) is 0 Å². The Hall–Kier alpha value is -1.91. The van der Waals surface area contributed by atoms with Gasteiger partial charge in [0.15, 0.2) is 0 Å². The molecule has 0 radical (unpaired) electrons. The summed E-state index contributed by atoms with van der Waals surface area (Å²) in [6, 6.07) is 11.9. The van der Waals surface area contributed by atoms with Crippen LogP contribution < -0.4 is 5.73 Å². The molecule has 1 atom stereocenters. The van der Waals surface area contributed by atoms with Crippen LogP contribution in [0.4, 0.5) is 0 Å². The summed E-state index contributed by atoms with van der Waals surface area (Å²) in [5, 5.41) is 2.96. The molecular weight excluding hydrogens is 268 g/mol. The van der Waals surface area contributed by atoms with Gasteiger partial charge in [-0.1, -0.05) is 30.3 Å². The van der Waals surface area contributed by atoms with E-state index in [-0.39, 0.29) is 6.04 Å². The Bertz CT molecular complexity index is 715. The van der Waals surface area contributed by atoms with E-state index < -0.39 is 0 Å². The molecule has 20 heavy (non-hydrogen) atoms. The molecule has 1 unspecified atom stereocenters. The molecule has 3 aromatic rings. The van der Waals surface area contributed by atoms with E-state index in [0.717, 1.165) is 33.3 Å². The third kappa shape index (κ3) is 2.40. The van der Waals surface area contributed by atoms with Crippen molar-refractivity contribution in [2.45, 2.75) is 19.9 Å². The minimum atomic E-state index is -0.178. The van der Waals surface area contributed by atoms with E-state index >= 15 is 0 Å². The SMILES string of the molecule is Cc1cc(-c2csc(C(N)c3ccccc3)n2)c(C)o1. The van der Waals surface area contributed by atoms with E-state index in [0.29, 0.717) is 0 Å². The molecule has 2 N–H and O–H groups in total. The highest BCUT2D eigenvalue weighted by molar-refractivity contribution is 7.10. The predicted molar refractivity (Wildman–Crippen MR) is 81.8 cm³/mol. The molecule has 0 fully saturated rings. The minimum absolute atomic E-state index is 0.178. The van der Waals surface area contributed by atoms with Gasteiger partial charge in [-0.2, -0.15) is 0 Å². The van der Waals surface area contributed by atoms with Crippen LogP contribution in [0, 0.1) is 13.8 Å². The number of aromatic nitrogens is 1. The summed E-state index contributed by atoms with van der Waals surface area (Å²) in [6.45, 7) is 3.90. The maximum Gasteiger partial charge on any atom is 0.115 e. The molecule has 1 aromatic carbocycles. The van der Waals surface area contributed by atoms with Crippen LogP contribution in [0.2, 0.25) is 0 Å². The Morgan fingerprint density at radius 3 is 2.60 bits per heavy atom. The predicted octanol–water partition coefficient (Wildman–Crippen LogP) is 4.07. The Morgan fingerprint density at radius 2 is 1.95 bits per heavy atom. The summed E-state index contributed by atoms with van der Waals surface area (Å²) >= 11 is 1.59. The number of nitrogens with two attached hydrogens (primary N) is 1. The summed E-state index contributed by atoms with van der Waals surface area (Å²) in [6.07, 6.45) is 0. The van der Waals surface area contributed by atoms with Crippen molar-refractivity contribution < 1.29 is 4.42 Å². The monoisotopic (exact) mass is 284 g/mol. The highest BCUT2D eigenvalue weighted by atomic mass is 32.1. The van der Waals surface area contributed by atoms with Gasteiger partial charge in [-0.15, -0.1) is 11.3 Å². The van der Waals surface area contributed by atoms with Gasteiger partial charge in [-0.3, -0.25) is 0 Å². The van der Waals surface area contributed by atoms with E-state index in [1.165, 1.54) is 0 Å². The number of rotatable bonds is 3. The standard InChI is InChI=1S/C16H16N2OS/c1-10-8-13(11(2)19-10)14-9-20-16(18-14)15(17)12-6-4-3-5-7-12/h3-9,15H,17H2,1-2H3. The molecule has 3 rings (SSSR count). The Kier molecular flexibility index (Phi) is 3.42. The average molecular weight is 284 g/mol. The second kappa shape index (κ2) is 5.23. The average Bonchev–Trinajstić information content (AvgIpc) is 3.05. The first-order valence-electron chi connectivity index (χ1n) is 6.48. The van der Waals surface area contributed by atoms with Gasteiger partial charge in [0, 0.05) is 10.9 Å². The zero-order valence-corrected chi connectivity index (χ0v) is 12.3. The van der Waals surface area contributed by atoms with Gasteiger partial charge in [0.2, 0.25) is 0 Å². The lowest BCUT2D eigenvalue weighted by atomic mass is 10.1. The van der Waals surface area contributed by atoms with Crippen molar-refractivity contribution in [1.82, 2.24) is 4.98 Å². The molecule has 0 bridgehead atoms. The fraction of sp³-hybridized carbons (Fsp3) is 0.188. The molecule has 0 saturated heterocycles. The molecule has 2 aromatic heterocycles. The van der Waals surface area contributed by atoms with E-state index in [1.807, 2.05) is 55.6 Å². The van der Waals surface area contributed by atoms with Crippen molar-refractivity contribution in [2.75, 3.05) is 0 Å². The Labute approximate surface area is 122 Å². The van der Waals surface area contributed by atoms with Gasteiger partial charge in [-0.05, 0) is 25.5 Å². The number of aryl methyl sites for hydroxylation is 2. The van der Waals surface area contributed by atoms with Crippen molar-refractivity contribution in [1.29, 1.82) is 0 Å². The van der Waals surface area contributed by atoms with E-state index in [4.69, 9.17) is 10.2 Å². The maximum absolute atomic E-state index is 6.28. The van der Waals surface area contributed by atoms with Gasteiger partial charge in [0.05, 0.1) is 11.7 Å². The third-order valence-electron chi connectivity index (χ3n) is 3.26. The van der Waals surface area contributed by atoms with Gasteiger partial charge in [0.25, 0.3) is 0 Å². The zero-order chi connectivity index (χ0) is 14.1. The van der Waals surface area contributed by atoms with Crippen LogP contribution in [-0.4, -0.2) is 4.98 Å². The molecule has 102 valence electrons. The molecule has 0 aliphatic rings.